The van der Waals surface area contributed by atoms with E-state index in [1.165, 1.54) is 12.1 Å². The second-order valence-electron chi connectivity index (χ2n) is 6.43. The fourth-order valence-electron chi connectivity index (χ4n) is 3.04. The third-order valence-corrected chi connectivity index (χ3v) is 4.49. The number of carbonyl (C=O) groups excluding carboxylic acids is 1. The number of rotatable bonds is 3. The summed E-state index contributed by atoms with van der Waals surface area (Å²) in [4.78, 5) is 16.2. The Morgan fingerprint density at radius 1 is 1.13 bits per heavy atom. The number of hydrogen-bond acceptors (Lipinski definition) is 2. The molecule has 0 atom stereocenters. The van der Waals surface area contributed by atoms with Crippen LogP contribution in [0.2, 0.25) is 0 Å². The van der Waals surface area contributed by atoms with Crippen molar-refractivity contribution in [3.05, 3.63) is 35.4 Å². The minimum atomic E-state index is -4.30. The molecular formula is C17H21F3N2O. The third kappa shape index (κ3) is 4.25. The van der Waals surface area contributed by atoms with Crippen LogP contribution in [0.4, 0.5) is 13.2 Å². The summed E-state index contributed by atoms with van der Waals surface area (Å²) in [6, 6.07) is 5.51. The van der Waals surface area contributed by atoms with Gasteiger partial charge in [0.2, 0.25) is 5.91 Å². The lowest BCUT2D eigenvalue weighted by Gasteiger charge is -2.22. The number of carbonyl (C=O) groups is 1. The summed E-state index contributed by atoms with van der Waals surface area (Å²) in [5, 5.41) is 0. The first-order valence-electron chi connectivity index (χ1n) is 8.11. The Labute approximate surface area is 134 Å². The number of amides is 1. The van der Waals surface area contributed by atoms with Gasteiger partial charge in [-0.05, 0) is 30.9 Å². The van der Waals surface area contributed by atoms with Gasteiger partial charge >= 0.3 is 6.18 Å². The van der Waals surface area contributed by atoms with Crippen molar-refractivity contribution in [2.45, 2.75) is 32.0 Å². The fourth-order valence-corrected chi connectivity index (χ4v) is 3.04. The molecule has 6 heteroatoms. The maximum absolute atomic E-state index is 12.8. The van der Waals surface area contributed by atoms with Crippen molar-refractivity contribution in [1.82, 2.24) is 9.80 Å². The first-order valence-corrected chi connectivity index (χ1v) is 8.11. The Hall–Kier alpha value is -1.56. The summed E-state index contributed by atoms with van der Waals surface area (Å²) in [5.41, 5.74) is 0.0668. The number of hydrogen-bond donors (Lipinski definition) is 0. The van der Waals surface area contributed by atoms with Crippen molar-refractivity contribution in [2.75, 3.05) is 26.2 Å². The Morgan fingerprint density at radius 3 is 2.61 bits per heavy atom. The normalized spacial score (nSPS) is 20.4. The van der Waals surface area contributed by atoms with Gasteiger partial charge in [-0.25, -0.2) is 0 Å². The monoisotopic (exact) mass is 326 g/mol. The van der Waals surface area contributed by atoms with Crippen molar-refractivity contribution < 1.29 is 18.0 Å². The molecule has 1 aliphatic carbocycles. The van der Waals surface area contributed by atoms with Gasteiger partial charge < -0.3 is 4.90 Å². The summed E-state index contributed by atoms with van der Waals surface area (Å²) in [6.07, 6.45) is -1.42. The molecule has 1 aromatic carbocycles. The van der Waals surface area contributed by atoms with Crippen LogP contribution in [-0.4, -0.2) is 41.9 Å². The van der Waals surface area contributed by atoms with Gasteiger partial charge in [-0.3, -0.25) is 9.69 Å². The lowest BCUT2D eigenvalue weighted by molar-refractivity contribution is -0.137. The van der Waals surface area contributed by atoms with E-state index in [0.29, 0.717) is 25.2 Å². The molecule has 1 aliphatic heterocycles. The molecule has 0 N–H and O–H groups in total. The fraction of sp³-hybridized carbons (Fsp3) is 0.588. The molecule has 1 aromatic rings. The zero-order valence-corrected chi connectivity index (χ0v) is 13.0. The molecule has 2 fully saturated rings. The van der Waals surface area contributed by atoms with Crippen molar-refractivity contribution in [3.63, 3.8) is 0 Å². The van der Waals surface area contributed by atoms with E-state index in [-0.39, 0.29) is 11.8 Å². The number of nitrogens with zero attached hydrogens (tertiary/aromatic N) is 2. The molecule has 1 amide bonds. The largest absolute Gasteiger partial charge is 0.416 e. The smallest absolute Gasteiger partial charge is 0.341 e. The van der Waals surface area contributed by atoms with Gasteiger partial charge in [0.15, 0.2) is 0 Å². The molecule has 1 saturated heterocycles. The molecule has 2 aliphatic rings. The van der Waals surface area contributed by atoms with Gasteiger partial charge in [0.05, 0.1) is 5.56 Å². The maximum atomic E-state index is 12.8. The standard InChI is InChI=1S/C17H21F3N2O/c18-17(19,20)15-4-1-3-13(11-15)12-21-7-2-8-22(10-9-21)16(23)14-5-6-14/h1,3-4,11,14H,2,5-10,12H2. The van der Waals surface area contributed by atoms with E-state index in [1.807, 2.05) is 4.90 Å². The lowest BCUT2D eigenvalue weighted by atomic mass is 10.1. The van der Waals surface area contributed by atoms with Crippen LogP contribution in [0.1, 0.15) is 30.4 Å². The zero-order valence-electron chi connectivity index (χ0n) is 13.0. The lowest BCUT2D eigenvalue weighted by Crippen LogP contribution is -2.36. The van der Waals surface area contributed by atoms with Gasteiger partial charge in [-0.2, -0.15) is 13.2 Å². The summed E-state index contributed by atoms with van der Waals surface area (Å²) >= 11 is 0. The number of halogens is 3. The summed E-state index contributed by atoms with van der Waals surface area (Å²) in [7, 11) is 0. The average Bonchev–Trinajstić information content (AvgIpc) is 3.34. The van der Waals surface area contributed by atoms with E-state index >= 15 is 0 Å². The molecule has 0 bridgehead atoms. The molecule has 3 nitrogen and oxygen atoms in total. The number of alkyl halides is 3. The Kier molecular flexibility index (Phi) is 4.62. The molecule has 0 radical (unpaired) electrons. The van der Waals surface area contributed by atoms with Crippen molar-refractivity contribution in [1.29, 1.82) is 0 Å². The van der Waals surface area contributed by atoms with Gasteiger partial charge in [0, 0.05) is 38.6 Å². The summed E-state index contributed by atoms with van der Waals surface area (Å²) in [5.74, 6) is 0.482. The highest BCUT2D eigenvalue weighted by Gasteiger charge is 2.34. The third-order valence-electron chi connectivity index (χ3n) is 4.49. The first kappa shape index (κ1) is 16.3. The average molecular weight is 326 g/mol. The predicted molar refractivity (Wildman–Crippen MR) is 80.6 cm³/mol. The Balaban J connectivity index is 1.59. The van der Waals surface area contributed by atoms with Crippen LogP contribution >= 0.6 is 0 Å². The number of benzene rings is 1. The molecule has 0 unspecified atom stereocenters. The first-order chi connectivity index (χ1) is 10.9. The molecule has 0 aromatic heterocycles. The van der Waals surface area contributed by atoms with Gasteiger partial charge in [-0.1, -0.05) is 18.2 Å². The summed E-state index contributed by atoms with van der Waals surface area (Å²) in [6.45, 7) is 3.46. The Bertz CT molecular complexity index is 569. The van der Waals surface area contributed by atoms with Crippen LogP contribution in [0, 0.1) is 5.92 Å². The highest BCUT2D eigenvalue weighted by molar-refractivity contribution is 5.81. The Morgan fingerprint density at radius 2 is 1.91 bits per heavy atom. The van der Waals surface area contributed by atoms with Crippen LogP contribution in [0.3, 0.4) is 0 Å². The van der Waals surface area contributed by atoms with E-state index in [4.69, 9.17) is 0 Å². The molecule has 126 valence electrons. The van der Waals surface area contributed by atoms with Crippen LogP contribution in [-0.2, 0) is 17.5 Å². The topological polar surface area (TPSA) is 23.6 Å². The molecule has 1 saturated carbocycles. The molecule has 3 rings (SSSR count). The SMILES string of the molecule is O=C(C1CC1)N1CCCN(Cc2cccc(C(F)(F)F)c2)CC1. The highest BCUT2D eigenvalue weighted by atomic mass is 19.4. The van der Waals surface area contributed by atoms with E-state index in [0.717, 1.165) is 38.4 Å². The van der Waals surface area contributed by atoms with Gasteiger partial charge in [0.1, 0.15) is 0 Å². The van der Waals surface area contributed by atoms with Gasteiger partial charge in [0.25, 0.3) is 0 Å². The molecular weight excluding hydrogens is 305 g/mol. The van der Waals surface area contributed by atoms with Crippen LogP contribution in [0.5, 0.6) is 0 Å². The van der Waals surface area contributed by atoms with E-state index in [9.17, 15) is 18.0 Å². The molecule has 1 heterocycles. The maximum Gasteiger partial charge on any atom is 0.416 e. The minimum absolute atomic E-state index is 0.227. The van der Waals surface area contributed by atoms with E-state index < -0.39 is 11.7 Å². The van der Waals surface area contributed by atoms with Crippen molar-refractivity contribution in [2.24, 2.45) is 5.92 Å². The zero-order chi connectivity index (χ0) is 16.4. The minimum Gasteiger partial charge on any atom is -0.341 e. The van der Waals surface area contributed by atoms with Crippen molar-refractivity contribution >= 4 is 5.91 Å². The van der Waals surface area contributed by atoms with E-state index in [1.54, 1.807) is 6.07 Å². The predicted octanol–water partition coefficient (Wildman–Crippen LogP) is 3.15. The van der Waals surface area contributed by atoms with Crippen LogP contribution in [0.15, 0.2) is 24.3 Å². The van der Waals surface area contributed by atoms with Crippen LogP contribution in [0.25, 0.3) is 0 Å². The quantitative estimate of drug-likeness (QED) is 0.852. The van der Waals surface area contributed by atoms with Crippen molar-refractivity contribution in [3.8, 4) is 0 Å². The second kappa shape index (κ2) is 6.51. The van der Waals surface area contributed by atoms with Gasteiger partial charge in [-0.15, -0.1) is 0 Å². The molecule has 23 heavy (non-hydrogen) atoms. The van der Waals surface area contributed by atoms with Crippen LogP contribution < -0.4 is 0 Å². The highest BCUT2D eigenvalue weighted by Crippen LogP contribution is 2.31. The summed E-state index contributed by atoms with van der Waals surface area (Å²) < 4.78 is 38.3. The molecule has 0 spiro atoms. The second-order valence-corrected chi connectivity index (χ2v) is 6.43. The van der Waals surface area contributed by atoms with E-state index in [2.05, 4.69) is 4.90 Å².